The maximum atomic E-state index is 13.1. The summed E-state index contributed by atoms with van der Waals surface area (Å²) in [6.45, 7) is 21.4. The number of aryl methyl sites for hydroxylation is 3. The second kappa shape index (κ2) is 17.4. The highest BCUT2D eigenvalue weighted by Gasteiger charge is 2.31. The number of alkyl halides is 3. The number of fused-ring (bicyclic) bond motifs is 1. The first-order valence-corrected chi connectivity index (χ1v) is 17.7. The Kier molecular flexibility index (Phi) is 14.2. The standard InChI is InChI=1S/C31H38F3N5S.C6H15N/c1-7-18(2)24(16-35)14-26-19(3)8-9-23(20(26)4)17-39-12-10-25(11-13-39)38-29-28-21(5)27(15-31(32,33)34)40-30(28)37-22(6)36-29;1-4-6-7(3)5-2/h8-9,14,18,25H,7,10-13,15,17H2,1-6H3,(H,36,37,38);4-6H2,1-3H3/b24-14-;. The first kappa shape index (κ1) is 38.4. The first-order chi connectivity index (χ1) is 22.2. The Labute approximate surface area is 284 Å². The molecule has 10 heteroatoms. The second-order valence-corrected chi connectivity index (χ2v) is 14.0. The third-order valence-corrected chi connectivity index (χ3v) is 10.4. The van der Waals surface area contributed by atoms with Crippen molar-refractivity contribution in [3.63, 3.8) is 0 Å². The van der Waals surface area contributed by atoms with Gasteiger partial charge in [0.1, 0.15) is 16.5 Å². The smallest absolute Gasteiger partial charge is 0.367 e. The van der Waals surface area contributed by atoms with Crippen molar-refractivity contribution in [2.75, 3.05) is 38.5 Å². The summed E-state index contributed by atoms with van der Waals surface area (Å²) in [6, 6.07) is 6.92. The van der Waals surface area contributed by atoms with Crippen LogP contribution in [0, 0.1) is 44.9 Å². The van der Waals surface area contributed by atoms with Crippen LogP contribution in [0.4, 0.5) is 19.0 Å². The van der Waals surface area contributed by atoms with Crippen LogP contribution in [0.15, 0.2) is 17.7 Å². The summed E-state index contributed by atoms with van der Waals surface area (Å²) >= 11 is 1.11. The van der Waals surface area contributed by atoms with Gasteiger partial charge < -0.3 is 10.2 Å². The number of hydrogen-bond donors (Lipinski definition) is 1. The van der Waals surface area contributed by atoms with E-state index in [-0.39, 0.29) is 12.0 Å². The van der Waals surface area contributed by atoms with E-state index in [0.717, 1.165) is 61.4 Å². The molecule has 1 unspecified atom stereocenters. The Balaban J connectivity index is 0.000000771. The molecular formula is C37H53F3N6S. The Morgan fingerprint density at radius 2 is 1.81 bits per heavy atom. The van der Waals surface area contributed by atoms with Crippen LogP contribution in [-0.4, -0.2) is 65.2 Å². The minimum atomic E-state index is -4.26. The number of aromatic nitrogens is 2. The third kappa shape index (κ3) is 10.8. The summed E-state index contributed by atoms with van der Waals surface area (Å²) in [5.41, 5.74) is 6.24. The SMILES string of the molecule is CCC(C)/C(C#N)=C\c1c(C)ccc(CN2CCC(Nc3nc(C)nc4sc(CC(F)(F)F)c(C)c34)CC2)c1C.CCCN(C)CC. The van der Waals surface area contributed by atoms with Crippen molar-refractivity contribution >= 4 is 33.4 Å². The molecule has 3 aromatic rings. The van der Waals surface area contributed by atoms with Crippen molar-refractivity contribution < 1.29 is 13.2 Å². The Bertz CT molecular complexity index is 1550. The predicted octanol–water partition coefficient (Wildman–Crippen LogP) is 9.41. The minimum absolute atomic E-state index is 0.186. The van der Waals surface area contributed by atoms with E-state index in [4.69, 9.17) is 0 Å². The van der Waals surface area contributed by atoms with Crippen molar-refractivity contribution in [2.24, 2.45) is 5.92 Å². The molecule has 1 fully saturated rings. The van der Waals surface area contributed by atoms with Crippen LogP contribution in [0.3, 0.4) is 0 Å². The van der Waals surface area contributed by atoms with Crippen molar-refractivity contribution in [1.29, 1.82) is 5.26 Å². The number of halogens is 3. The number of anilines is 1. The van der Waals surface area contributed by atoms with E-state index in [1.54, 1.807) is 13.8 Å². The summed E-state index contributed by atoms with van der Waals surface area (Å²) in [4.78, 5) is 14.7. The van der Waals surface area contributed by atoms with Crippen LogP contribution in [-0.2, 0) is 13.0 Å². The lowest BCUT2D eigenvalue weighted by molar-refractivity contribution is -0.126. The molecule has 0 radical (unpaired) electrons. The van der Waals surface area contributed by atoms with Gasteiger partial charge in [-0.1, -0.05) is 39.8 Å². The second-order valence-electron chi connectivity index (χ2n) is 12.9. The average Bonchev–Trinajstić information content (AvgIpc) is 3.32. The van der Waals surface area contributed by atoms with Crippen LogP contribution in [0.1, 0.15) is 91.9 Å². The molecule has 0 saturated carbocycles. The maximum Gasteiger partial charge on any atom is 0.393 e. The Hall–Kier alpha value is -3.00. The zero-order valence-corrected chi connectivity index (χ0v) is 30.6. The van der Waals surface area contributed by atoms with Crippen molar-refractivity contribution in [3.8, 4) is 6.07 Å². The normalized spacial score (nSPS) is 15.4. The number of piperidine rings is 1. The molecule has 1 N–H and O–H groups in total. The van der Waals surface area contributed by atoms with Crippen molar-refractivity contribution in [3.05, 3.63) is 56.2 Å². The van der Waals surface area contributed by atoms with E-state index in [1.807, 2.05) is 0 Å². The van der Waals surface area contributed by atoms with E-state index in [0.29, 0.717) is 32.3 Å². The molecule has 47 heavy (non-hydrogen) atoms. The number of nitriles is 1. The number of likely N-dealkylation sites (tertiary alicyclic amines) is 1. The highest BCUT2D eigenvalue weighted by Crippen LogP contribution is 2.37. The molecule has 3 heterocycles. The first-order valence-electron chi connectivity index (χ1n) is 16.9. The zero-order valence-electron chi connectivity index (χ0n) is 29.7. The summed E-state index contributed by atoms with van der Waals surface area (Å²) in [7, 11) is 2.14. The van der Waals surface area contributed by atoms with Crippen LogP contribution in [0.25, 0.3) is 16.3 Å². The van der Waals surface area contributed by atoms with Crippen LogP contribution < -0.4 is 5.32 Å². The summed E-state index contributed by atoms with van der Waals surface area (Å²) in [5, 5.41) is 13.9. The lowest BCUT2D eigenvalue weighted by Gasteiger charge is -2.33. The summed E-state index contributed by atoms with van der Waals surface area (Å²) in [5.74, 6) is 1.43. The molecule has 0 amide bonds. The molecule has 4 rings (SSSR count). The molecule has 1 saturated heterocycles. The van der Waals surface area contributed by atoms with Gasteiger partial charge in [0, 0.05) is 36.1 Å². The van der Waals surface area contributed by atoms with E-state index < -0.39 is 12.6 Å². The molecule has 0 aliphatic carbocycles. The lowest BCUT2D eigenvalue weighted by atomic mass is 9.91. The van der Waals surface area contributed by atoms with Gasteiger partial charge in [-0.05, 0) is 113 Å². The number of hydrogen-bond acceptors (Lipinski definition) is 7. The van der Waals surface area contributed by atoms with Gasteiger partial charge in [0.2, 0.25) is 0 Å². The number of allylic oxidation sites excluding steroid dienone is 1. The van der Waals surface area contributed by atoms with E-state index >= 15 is 0 Å². The fraction of sp³-hybridized carbons (Fsp3) is 0.595. The fourth-order valence-electron chi connectivity index (χ4n) is 5.92. The van der Waals surface area contributed by atoms with Crippen molar-refractivity contribution in [2.45, 2.75) is 106 Å². The number of nitrogens with one attached hydrogen (secondary N) is 1. The molecule has 1 aromatic carbocycles. The average molecular weight is 671 g/mol. The fourth-order valence-corrected chi connectivity index (χ4v) is 7.17. The number of nitrogens with zero attached hydrogens (tertiary/aromatic N) is 5. The molecule has 2 aromatic heterocycles. The Morgan fingerprint density at radius 1 is 1.13 bits per heavy atom. The zero-order chi connectivity index (χ0) is 34.9. The molecule has 0 spiro atoms. The monoisotopic (exact) mass is 670 g/mol. The largest absolute Gasteiger partial charge is 0.393 e. The highest BCUT2D eigenvalue weighted by atomic mass is 32.1. The molecule has 1 aliphatic rings. The molecule has 0 bridgehead atoms. The number of thiophene rings is 1. The number of benzene rings is 1. The van der Waals surface area contributed by atoms with Gasteiger partial charge in [0.25, 0.3) is 0 Å². The molecular weight excluding hydrogens is 618 g/mol. The van der Waals surface area contributed by atoms with Gasteiger partial charge in [0.15, 0.2) is 0 Å². The third-order valence-electron chi connectivity index (χ3n) is 9.25. The van der Waals surface area contributed by atoms with Gasteiger partial charge in [-0.3, -0.25) is 4.90 Å². The van der Waals surface area contributed by atoms with Gasteiger partial charge >= 0.3 is 6.18 Å². The predicted molar refractivity (Wildman–Crippen MR) is 191 cm³/mol. The van der Waals surface area contributed by atoms with Crippen molar-refractivity contribution in [1.82, 2.24) is 19.8 Å². The van der Waals surface area contributed by atoms with Gasteiger partial charge in [-0.2, -0.15) is 18.4 Å². The van der Waals surface area contributed by atoms with Gasteiger partial charge in [-0.15, -0.1) is 11.3 Å². The van der Waals surface area contributed by atoms with E-state index in [1.165, 1.54) is 36.2 Å². The van der Waals surface area contributed by atoms with Crippen LogP contribution in [0.5, 0.6) is 0 Å². The summed E-state index contributed by atoms with van der Waals surface area (Å²) in [6.07, 6.45) is 0.886. The number of rotatable bonds is 11. The lowest BCUT2D eigenvalue weighted by Crippen LogP contribution is -2.39. The molecule has 6 nitrogen and oxygen atoms in total. The molecule has 1 atom stereocenters. The minimum Gasteiger partial charge on any atom is -0.367 e. The highest BCUT2D eigenvalue weighted by molar-refractivity contribution is 7.19. The summed E-state index contributed by atoms with van der Waals surface area (Å²) < 4.78 is 39.3. The quantitative estimate of drug-likeness (QED) is 0.205. The van der Waals surface area contributed by atoms with Crippen LogP contribution >= 0.6 is 11.3 Å². The van der Waals surface area contributed by atoms with E-state index in [9.17, 15) is 18.4 Å². The molecule has 258 valence electrons. The van der Waals surface area contributed by atoms with Gasteiger partial charge in [0.05, 0.1) is 17.9 Å². The Morgan fingerprint density at radius 3 is 2.36 bits per heavy atom. The van der Waals surface area contributed by atoms with Crippen LogP contribution in [0.2, 0.25) is 0 Å². The van der Waals surface area contributed by atoms with E-state index in [2.05, 4.69) is 98.0 Å². The van der Waals surface area contributed by atoms with Gasteiger partial charge in [-0.25, -0.2) is 9.97 Å². The maximum absolute atomic E-state index is 13.1. The topological polar surface area (TPSA) is 68.1 Å². The molecule has 1 aliphatic heterocycles.